The summed E-state index contributed by atoms with van der Waals surface area (Å²) in [6, 6.07) is 2.30. The van der Waals surface area contributed by atoms with Gasteiger partial charge in [-0.05, 0) is 38.5 Å². The van der Waals surface area contributed by atoms with E-state index < -0.39 is 17.7 Å². The minimum absolute atomic E-state index is 0.0995. The lowest BCUT2D eigenvalue weighted by Crippen LogP contribution is -2.27. The molecule has 1 amide bonds. The number of phenolic OH excluding ortho intramolecular Hbond substituents is 1. The van der Waals surface area contributed by atoms with Crippen LogP contribution in [0, 0.1) is 0 Å². The molecule has 5 N–H and O–H groups in total. The Labute approximate surface area is 123 Å². The third-order valence-electron chi connectivity index (χ3n) is 2.58. The maximum absolute atomic E-state index is 11.8. The molecule has 0 fully saturated rings. The Morgan fingerprint density at radius 3 is 2.52 bits per heavy atom. The maximum Gasteiger partial charge on any atom is 0.412 e. The van der Waals surface area contributed by atoms with Gasteiger partial charge >= 0.3 is 6.09 Å². The molecule has 0 spiro atoms. The predicted octanol–water partition coefficient (Wildman–Crippen LogP) is 1.74. The quantitative estimate of drug-likeness (QED) is 0.630. The Morgan fingerprint density at radius 2 is 2.05 bits per heavy atom. The summed E-state index contributed by atoms with van der Waals surface area (Å²) in [7, 11) is 1.38. The molecule has 0 unspecified atom stereocenters. The smallest absolute Gasteiger partial charge is 0.412 e. The van der Waals surface area contributed by atoms with Crippen LogP contribution in [-0.2, 0) is 4.74 Å². The van der Waals surface area contributed by atoms with Crippen LogP contribution in [0.15, 0.2) is 12.1 Å². The number of phenols is 1. The SMILES string of the molecule is COc1cc([C@H](N)CO)cc(NC(=O)OC(C)(C)C)c1O. The highest BCUT2D eigenvalue weighted by Crippen LogP contribution is 2.37. The van der Waals surface area contributed by atoms with Gasteiger partial charge in [0.05, 0.1) is 25.4 Å². The fourth-order valence-electron chi connectivity index (χ4n) is 1.61. The number of aliphatic hydroxyl groups is 1. The molecular weight excluding hydrogens is 276 g/mol. The number of anilines is 1. The van der Waals surface area contributed by atoms with Gasteiger partial charge in [0.25, 0.3) is 0 Å². The van der Waals surface area contributed by atoms with E-state index in [4.69, 9.17) is 20.3 Å². The highest BCUT2D eigenvalue weighted by Gasteiger charge is 2.20. The zero-order valence-electron chi connectivity index (χ0n) is 12.6. The number of nitrogens with one attached hydrogen (secondary N) is 1. The van der Waals surface area contributed by atoms with Gasteiger partial charge in [0, 0.05) is 0 Å². The highest BCUT2D eigenvalue weighted by molar-refractivity contribution is 5.88. The summed E-state index contributed by atoms with van der Waals surface area (Å²) in [5.41, 5.74) is 5.69. The molecule has 7 heteroatoms. The van der Waals surface area contributed by atoms with Crippen molar-refractivity contribution >= 4 is 11.8 Å². The number of nitrogens with two attached hydrogens (primary N) is 1. The standard InChI is InChI=1S/C14H22N2O5/c1-14(2,3)21-13(19)16-10-5-8(9(15)7-17)6-11(20-4)12(10)18/h5-6,9,17-18H,7,15H2,1-4H3,(H,16,19)/t9-/m1/s1. The summed E-state index contributed by atoms with van der Waals surface area (Å²) in [4.78, 5) is 11.8. The van der Waals surface area contributed by atoms with Crippen molar-refractivity contribution in [2.75, 3.05) is 19.0 Å². The van der Waals surface area contributed by atoms with Crippen LogP contribution in [0.3, 0.4) is 0 Å². The van der Waals surface area contributed by atoms with Gasteiger partial charge in [-0.3, -0.25) is 5.32 Å². The van der Waals surface area contributed by atoms with Gasteiger partial charge in [-0.2, -0.15) is 0 Å². The number of aliphatic hydroxyl groups excluding tert-OH is 1. The van der Waals surface area contributed by atoms with E-state index in [1.807, 2.05) is 0 Å². The van der Waals surface area contributed by atoms with Crippen LogP contribution in [0.5, 0.6) is 11.5 Å². The summed E-state index contributed by atoms with van der Waals surface area (Å²) in [5, 5.41) is 21.6. The molecule has 0 aliphatic rings. The summed E-state index contributed by atoms with van der Waals surface area (Å²) < 4.78 is 10.1. The molecule has 0 saturated carbocycles. The fraction of sp³-hybridized carbons (Fsp3) is 0.500. The number of methoxy groups -OCH3 is 1. The van der Waals surface area contributed by atoms with Crippen molar-refractivity contribution in [3.63, 3.8) is 0 Å². The predicted molar refractivity (Wildman–Crippen MR) is 78.5 cm³/mol. The van der Waals surface area contributed by atoms with E-state index in [9.17, 15) is 9.90 Å². The largest absolute Gasteiger partial charge is 0.503 e. The number of hydrogen-bond acceptors (Lipinski definition) is 6. The average Bonchev–Trinajstić information content (AvgIpc) is 2.37. The lowest BCUT2D eigenvalue weighted by molar-refractivity contribution is 0.0635. The van der Waals surface area contributed by atoms with Crippen LogP contribution < -0.4 is 15.8 Å². The Morgan fingerprint density at radius 1 is 1.43 bits per heavy atom. The molecule has 0 heterocycles. The van der Waals surface area contributed by atoms with Crippen molar-refractivity contribution in [1.29, 1.82) is 0 Å². The summed E-state index contributed by atoms with van der Waals surface area (Å²) in [6.45, 7) is 4.90. The van der Waals surface area contributed by atoms with Gasteiger partial charge in [0.1, 0.15) is 5.60 Å². The molecule has 1 rings (SSSR count). The first kappa shape index (κ1) is 17.1. The molecule has 1 aromatic rings. The van der Waals surface area contributed by atoms with E-state index in [0.717, 1.165) is 0 Å². The molecule has 0 aromatic heterocycles. The zero-order valence-corrected chi connectivity index (χ0v) is 12.6. The van der Waals surface area contributed by atoms with Crippen LogP contribution >= 0.6 is 0 Å². The molecule has 1 aromatic carbocycles. The third kappa shape index (κ3) is 4.80. The summed E-state index contributed by atoms with van der Waals surface area (Å²) >= 11 is 0. The molecule has 0 aliphatic carbocycles. The van der Waals surface area contributed by atoms with Gasteiger partial charge < -0.3 is 25.4 Å². The Hall–Kier alpha value is -1.99. The van der Waals surface area contributed by atoms with Crippen molar-refractivity contribution in [2.45, 2.75) is 32.4 Å². The fourth-order valence-corrected chi connectivity index (χ4v) is 1.61. The van der Waals surface area contributed by atoms with E-state index in [0.29, 0.717) is 5.56 Å². The third-order valence-corrected chi connectivity index (χ3v) is 2.58. The van der Waals surface area contributed by atoms with Gasteiger partial charge in [0.2, 0.25) is 0 Å². The van der Waals surface area contributed by atoms with Gasteiger partial charge in [-0.25, -0.2) is 4.79 Å². The van der Waals surface area contributed by atoms with Gasteiger partial charge in [-0.1, -0.05) is 0 Å². The van der Waals surface area contributed by atoms with E-state index >= 15 is 0 Å². The number of benzene rings is 1. The topological polar surface area (TPSA) is 114 Å². The van der Waals surface area contributed by atoms with Gasteiger partial charge in [-0.15, -0.1) is 0 Å². The van der Waals surface area contributed by atoms with Gasteiger partial charge in [0.15, 0.2) is 11.5 Å². The number of carbonyl (C=O) groups is 1. The van der Waals surface area contributed by atoms with Crippen LogP contribution in [0.1, 0.15) is 32.4 Å². The van der Waals surface area contributed by atoms with Crippen LogP contribution in [0.2, 0.25) is 0 Å². The molecule has 0 aliphatic heterocycles. The molecule has 1 atom stereocenters. The van der Waals surface area contributed by atoms with Crippen LogP contribution in [0.25, 0.3) is 0 Å². The Kier molecular flexibility index (Phi) is 5.40. The molecule has 0 saturated heterocycles. The number of aromatic hydroxyl groups is 1. The Balaban J connectivity index is 3.07. The second kappa shape index (κ2) is 6.64. The zero-order chi connectivity index (χ0) is 16.2. The monoisotopic (exact) mass is 298 g/mol. The molecule has 7 nitrogen and oxygen atoms in total. The summed E-state index contributed by atoms with van der Waals surface area (Å²) in [5.74, 6) is -0.0975. The van der Waals surface area contributed by atoms with E-state index in [1.165, 1.54) is 19.2 Å². The lowest BCUT2D eigenvalue weighted by Gasteiger charge is -2.21. The second-order valence-electron chi connectivity index (χ2n) is 5.54. The Bertz CT molecular complexity index is 511. The molecule has 0 bridgehead atoms. The average molecular weight is 298 g/mol. The summed E-state index contributed by atoms with van der Waals surface area (Å²) in [6.07, 6.45) is -0.713. The van der Waals surface area contributed by atoms with Crippen molar-refractivity contribution < 1.29 is 24.5 Å². The molecule has 21 heavy (non-hydrogen) atoms. The normalized spacial score (nSPS) is 12.7. The van der Waals surface area contributed by atoms with Crippen LogP contribution in [0.4, 0.5) is 10.5 Å². The first-order chi connectivity index (χ1) is 9.67. The first-order valence-corrected chi connectivity index (χ1v) is 6.45. The number of rotatable bonds is 4. The maximum atomic E-state index is 11.8. The van der Waals surface area contributed by atoms with Crippen molar-refractivity contribution in [3.8, 4) is 11.5 Å². The van der Waals surface area contributed by atoms with Crippen molar-refractivity contribution in [2.24, 2.45) is 5.73 Å². The van der Waals surface area contributed by atoms with Crippen LogP contribution in [-0.4, -0.2) is 35.6 Å². The number of carbonyl (C=O) groups excluding carboxylic acids is 1. The molecular formula is C14H22N2O5. The second-order valence-corrected chi connectivity index (χ2v) is 5.54. The van der Waals surface area contributed by atoms with E-state index in [1.54, 1.807) is 20.8 Å². The highest BCUT2D eigenvalue weighted by atomic mass is 16.6. The molecule has 118 valence electrons. The number of hydrogen-bond donors (Lipinski definition) is 4. The number of ether oxygens (including phenoxy) is 2. The molecule has 0 radical (unpaired) electrons. The number of amides is 1. The minimum atomic E-state index is -0.713. The first-order valence-electron chi connectivity index (χ1n) is 6.45. The minimum Gasteiger partial charge on any atom is -0.503 e. The van der Waals surface area contributed by atoms with E-state index in [-0.39, 0.29) is 23.8 Å². The van der Waals surface area contributed by atoms with Crippen molar-refractivity contribution in [1.82, 2.24) is 0 Å². The lowest BCUT2D eigenvalue weighted by atomic mass is 10.1. The van der Waals surface area contributed by atoms with Crippen molar-refractivity contribution in [3.05, 3.63) is 17.7 Å². The van der Waals surface area contributed by atoms with E-state index in [2.05, 4.69) is 5.32 Å².